The van der Waals surface area contributed by atoms with Crippen LogP contribution in [0.15, 0.2) is 0 Å². The fraction of sp³-hybridized carbons (Fsp3) is 1.00. The van der Waals surface area contributed by atoms with Gasteiger partial charge in [0.25, 0.3) is 0 Å². The number of nitrogens with two attached hydrogens (primary N) is 1. The van der Waals surface area contributed by atoms with E-state index in [0.29, 0.717) is 6.04 Å². The first-order valence-electron chi connectivity index (χ1n) is 5.33. The summed E-state index contributed by atoms with van der Waals surface area (Å²) in [4.78, 5) is 2.60. The summed E-state index contributed by atoms with van der Waals surface area (Å²) in [5.74, 6) is 2.60. The topological polar surface area (TPSA) is 29.3 Å². The van der Waals surface area contributed by atoms with Crippen molar-refractivity contribution in [3.63, 3.8) is 0 Å². The largest absolute Gasteiger partial charge is 0.329 e. The summed E-state index contributed by atoms with van der Waals surface area (Å²) < 4.78 is 0. The Hall–Kier alpha value is 0.270. The third kappa shape index (κ3) is 3.15. The molecular weight excluding hydrogens is 180 g/mol. The highest BCUT2D eigenvalue weighted by atomic mass is 32.2. The van der Waals surface area contributed by atoms with Gasteiger partial charge >= 0.3 is 0 Å². The van der Waals surface area contributed by atoms with Crippen LogP contribution in [0.4, 0.5) is 0 Å². The molecule has 2 atom stereocenters. The van der Waals surface area contributed by atoms with Gasteiger partial charge in [-0.3, -0.25) is 4.90 Å². The molecule has 1 heterocycles. The summed E-state index contributed by atoms with van der Waals surface area (Å²) in [6.07, 6.45) is 2.51. The Balaban J connectivity index is 2.51. The SMILES string of the molecule is CCC(CN)N1CCSCCC1C. The first-order chi connectivity index (χ1) is 6.29. The predicted octanol–water partition coefficient (Wildman–Crippen LogP) is 1.55. The minimum absolute atomic E-state index is 0.605. The molecule has 1 aliphatic heterocycles. The molecular formula is C10H22N2S. The van der Waals surface area contributed by atoms with Crippen LogP contribution >= 0.6 is 11.8 Å². The fourth-order valence-electron chi connectivity index (χ4n) is 1.99. The predicted molar refractivity (Wildman–Crippen MR) is 61.2 cm³/mol. The molecule has 1 rings (SSSR count). The van der Waals surface area contributed by atoms with Gasteiger partial charge in [-0.1, -0.05) is 6.92 Å². The maximum Gasteiger partial charge on any atom is 0.0218 e. The van der Waals surface area contributed by atoms with Gasteiger partial charge in [-0.2, -0.15) is 11.8 Å². The summed E-state index contributed by atoms with van der Waals surface area (Å²) >= 11 is 2.08. The zero-order chi connectivity index (χ0) is 9.68. The molecule has 2 unspecified atom stereocenters. The minimum Gasteiger partial charge on any atom is -0.329 e. The molecule has 0 saturated carbocycles. The van der Waals surface area contributed by atoms with Crippen LogP contribution < -0.4 is 5.73 Å². The van der Waals surface area contributed by atoms with Gasteiger partial charge in [-0.25, -0.2) is 0 Å². The molecule has 2 N–H and O–H groups in total. The average Bonchev–Trinajstić information content (AvgIpc) is 2.34. The van der Waals surface area contributed by atoms with E-state index in [9.17, 15) is 0 Å². The van der Waals surface area contributed by atoms with Crippen molar-refractivity contribution in [3.8, 4) is 0 Å². The Morgan fingerprint density at radius 3 is 2.92 bits per heavy atom. The molecule has 0 amide bonds. The van der Waals surface area contributed by atoms with Crippen molar-refractivity contribution in [2.24, 2.45) is 5.73 Å². The van der Waals surface area contributed by atoms with Crippen molar-refractivity contribution < 1.29 is 0 Å². The van der Waals surface area contributed by atoms with Gasteiger partial charge in [0, 0.05) is 30.9 Å². The van der Waals surface area contributed by atoms with Gasteiger partial charge in [0.1, 0.15) is 0 Å². The molecule has 1 aliphatic rings. The second kappa shape index (κ2) is 5.89. The standard InChI is InChI=1S/C10H22N2S/c1-3-10(8-11)12-5-7-13-6-4-9(12)2/h9-10H,3-8,11H2,1-2H3. The van der Waals surface area contributed by atoms with Crippen molar-refractivity contribution >= 4 is 11.8 Å². The van der Waals surface area contributed by atoms with E-state index >= 15 is 0 Å². The Morgan fingerprint density at radius 1 is 1.54 bits per heavy atom. The highest BCUT2D eigenvalue weighted by molar-refractivity contribution is 7.99. The molecule has 1 saturated heterocycles. The van der Waals surface area contributed by atoms with Crippen LogP contribution in [0.2, 0.25) is 0 Å². The number of hydrogen-bond acceptors (Lipinski definition) is 3. The van der Waals surface area contributed by atoms with Crippen LogP contribution in [-0.2, 0) is 0 Å². The third-order valence-electron chi connectivity index (χ3n) is 2.95. The van der Waals surface area contributed by atoms with E-state index in [1.807, 2.05) is 0 Å². The molecule has 3 heteroatoms. The highest BCUT2D eigenvalue weighted by Gasteiger charge is 2.22. The lowest BCUT2D eigenvalue weighted by molar-refractivity contribution is 0.153. The Morgan fingerprint density at radius 2 is 2.31 bits per heavy atom. The second-order valence-corrected chi connectivity index (χ2v) is 5.01. The maximum absolute atomic E-state index is 5.78. The van der Waals surface area contributed by atoms with Gasteiger partial charge in [0.15, 0.2) is 0 Å². The molecule has 0 aliphatic carbocycles. The first-order valence-corrected chi connectivity index (χ1v) is 6.48. The molecule has 78 valence electrons. The van der Waals surface area contributed by atoms with E-state index in [0.717, 1.165) is 12.6 Å². The van der Waals surface area contributed by atoms with E-state index in [4.69, 9.17) is 5.73 Å². The highest BCUT2D eigenvalue weighted by Crippen LogP contribution is 2.19. The van der Waals surface area contributed by atoms with Crippen LogP contribution in [0, 0.1) is 0 Å². The van der Waals surface area contributed by atoms with Gasteiger partial charge in [-0.05, 0) is 25.5 Å². The molecule has 0 bridgehead atoms. The van der Waals surface area contributed by atoms with Crippen LogP contribution in [0.5, 0.6) is 0 Å². The number of hydrogen-bond donors (Lipinski definition) is 1. The number of thioether (sulfide) groups is 1. The minimum atomic E-state index is 0.605. The quantitative estimate of drug-likeness (QED) is 0.753. The zero-order valence-electron chi connectivity index (χ0n) is 8.83. The van der Waals surface area contributed by atoms with Crippen molar-refractivity contribution in [1.82, 2.24) is 4.90 Å². The number of rotatable bonds is 3. The first kappa shape index (κ1) is 11.3. The van der Waals surface area contributed by atoms with Crippen LogP contribution in [0.1, 0.15) is 26.7 Å². The smallest absolute Gasteiger partial charge is 0.0218 e. The van der Waals surface area contributed by atoms with E-state index < -0.39 is 0 Å². The summed E-state index contributed by atoms with van der Waals surface area (Å²) in [5.41, 5.74) is 5.78. The Kier molecular flexibility index (Phi) is 5.14. The van der Waals surface area contributed by atoms with Crippen LogP contribution in [-0.4, -0.2) is 41.6 Å². The van der Waals surface area contributed by atoms with Crippen molar-refractivity contribution in [2.75, 3.05) is 24.6 Å². The van der Waals surface area contributed by atoms with Gasteiger partial charge in [0.2, 0.25) is 0 Å². The molecule has 13 heavy (non-hydrogen) atoms. The summed E-state index contributed by atoms with van der Waals surface area (Å²) in [6.45, 7) is 6.61. The second-order valence-electron chi connectivity index (χ2n) is 3.79. The molecule has 1 fully saturated rings. The molecule has 0 aromatic carbocycles. The van der Waals surface area contributed by atoms with Crippen molar-refractivity contribution in [3.05, 3.63) is 0 Å². The molecule has 0 aromatic rings. The normalized spacial score (nSPS) is 28.4. The van der Waals surface area contributed by atoms with E-state index in [-0.39, 0.29) is 0 Å². The Bertz CT molecular complexity index is 137. The monoisotopic (exact) mass is 202 g/mol. The van der Waals surface area contributed by atoms with Crippen LogP contribution in [0.25, 0.3) is 0 Å². The van der Waals surface area contributed by atoms with Crippen molar-refractivity contribution in [2.45, 2.75) is 38.8 Å². The Labute approximate surface area is 86.2 Å². The summed E-state index contributed by atoms with van der Waals surface area (Å²) in [5, 5.41) is 0. The van der Waals surface area contributed by atoms with Crippen LogP contribution in [0.3, 0.4) is 0 Å². The summed E-state index contributed by atoms with van der Waals surface area (Å²) in [7, 11) is 0. The lowest BCUT2D eigenvalue weighted by Gasteiger charge is -2.33. The molecule has 2 nitrogen and oxygen atoms in total. The van der Waals surface area contributed by atoms with E-state index in [1.54, 1.807) is 0 Å². The lowest BCUT2D eigenvalue weighted by Crippen LogP contribution is -2.45. The fourth-order valence-corrected chi connectivity index (χ4v) is 3.04. The lowest BCUT2D eigenvalue weighted by atomic mass is 10.1. The third-order valence-corrected chi connectivity index (χ3v) is 3.95. The summed E-state index contributed by atoms with van der Waals surface area (Å²) in [6, 6.07) is 1.33. The molecule has 0 spiro atoms. The van der Waals surface area contributed by atoms with Gasteiger partial charge < -0.3 is 5.73 Å². The maximum atomic E-state index is 5.78. The van der Waals surface area contributed by atoms with E-state index in [2.05, 4.69) is 30.5 Å². The van der Waals surface area contributed by atoms with Gasteiger partial charge in [-0.15, -0.1) is 0 Å². The average molecular weight is 202 g/mol. The van der Waals surface area contributed by atoms with Crippen molar-refractivity contribution in [1.29, 1.82) is 0 Å². The molecule has 0 radical (unpaired) electrons. The zero-order valence-corrected chi connectivity index (χ0v) is 9.65. The van der Waals surface area contributed by atoms with E-state index in [1.165, 1.54) is 30.9 Å². The molecule has 0 aromatic heterocycles. The van der Waals surface area contributed by atoms with Gasteiger partial charge in [0.05, 0.1) is 0 Å². The number of nitrogens with zero attached hydrogens (tertiary/aromatic N) is 1.